The van der Waals surface area contributed by atoms with Crippen LogP contribution in [0.4, 0.5) is 5.69 Å². The Balaban J connectivity index is 1.58. The summed E-state index contributed by atoms with van der Waals surface area (Å²) >= 11 is 0. The number of aromatic hydroxyl groups is 1. The van der Waals surface area contributed by atoms with Gasteiger partial charge in [-0.15, -0.1) is 0 Å². The van der Waals surface area contributed by atoms with E-state index in [1.54, 1.807) is 25.1 Å². The van der Waals surface area contributed by atoms with Crippen molar-refractivity contribution in [2.45, 2.75) is 50.3 Å². The fourth-order valence-corrected chi connectivity index (χ4v) is 6.80. The number of aliphatic hydroxyl groups excluding tert-OH is 2. The maximum Gasteiger partial charge on any atom is 0.255 e. The molecule has 2 amide bonds. The van der Waals surface area contributed by atoms with E-state index in [-0.39, 0.29) is 54.6 Å². The standard InChI is InChI=1S/C28H34N4O8/c1-31(2)17-9-13(11-30-27(39)16-5-4-6-32(16)3)22(34)20-15(17)8-12-7-14-10-18(33)21(26(29)38)25(37)28(14,40)24(36)19(12)23(20)35/h9,12,14,16,34-35,37,40H,4-8,10-11H2,1-3H3,(H2,29,38)(H,30,39)/t12-,14+,16+,28+/m1/s1. The van der Waals surface area contributed by atoms with Gasteiger partial charge in [0.1, 0.15) is 22.8 Å². The third-order valence-electron chi connectivity index (χ3n) is 8.88. The molecule has 4 atom stereocenters. The molecule has 1 aliphatic heterocycles. The van der Waals surface area contributed by atoms with Gasteiger partial charge in [0.05, 0.1) is 11.6 Å². The number of aliphatic hydroxyl groups is 3. The van der Waals surface area contributed by atoms with Gasteiger partial charge in [0.25, 0.3) is 5.91 Å². The summed E-state index contributed by atoms with van der Waals surface area (Å²) in [5, 5.41) is 47.8. The summed E-state index contributed by atoms with van der Waals surface area (Å²) in [5.74, 6) is -6.89. The number of nitrogens with one attached hydrogen (secondary N) is 1. The maximum absolute atomic E-state index is 13.7. The molecule has 1 heterocycles. The molecule has 12 heteroatoms. The summed E-state index contributed by atoms with van der Waals surface area (Å²) in [5.41, 5.74) is 3.14. The quantitative estimate of drug-likeness (QED) is 0.274. The number of nitrogens with zero attached hydrogens (tertiary/aromatic N) is 2. The monoisotopic (exact) mass is 554 g/mol. The number of likely N-dealkylation sites (tertiary alicyclic amines) is 1. The van der Waals surface area contributed by atoms with Crippen molar-refractivity contribution in [3.05, 3.63) is 39.7 Å². The second-order valence-corrected chi connectivity index (χ2v) is 11.4. The Kier molecular flexibility index (Phi) is 6.66. The molecular formula is C28H34N4O8. The minimum Gasteiger partial charge on any atom is -0.508 e. The average molecular weight is 555 g/mol. The van der Waals surface area contributed by atoms with Gasteiger partial charge >= 0.3 is 0 Å². The zero-order chi connectivity index (χ0) is 29.3. The Hall–Kier alpha value is -3.90. The van der Waals surface area contributed by atoms with Crippen LogP contribution >= 0.6 is 0 Å². The van der Waals surface area contributed by atoms with Gasteiger partial charge in [-0.2, -0.15) is 0 Å². The molecule has 5 rings (SSSR count). The van der Waals surface area contributed by atoms with E-state index in [2.05, 4.69) is 5.32 Å². The molecule has 2 fully saturated rings. The van der Waals surface area contributed by atoms with Crippen LogP contribution in [-0.4, -0.2) is 88.0 Å². The van der Waals surface area contributed by atoms with Crippen molar-refractivity contribution in [2.24, 2.45) is 17.6 Å². The lowest BCUT2D eigenvalue weighted by Gasteiger charge is -2.46. The number of anilines is 1. The number of primary amides is 1. The highest BCUT2D eigenvalue weighted by Gasteiger charge is 2.60. The number of phenolic OH excluding ortho intramolecular Hbond substituents is 1. The van der Waals surface area contributed by atoms with Crippen molar-refractivity contribution < 1.29 is 39.6 Å². The first-order chi connectivity index (χ1) is 18.8. The number of nitrogens with two attached hydrogens (primary N) is 1. The second-order valence-electron chi connectivity index (χ2n) is 11.4. The summed E-state index contributed by atoms with van der Waals surface area (Å²) in [6.45, 7) is 0.791. The van der Waals surface area contributed by atoms with Crippen LogP contribution in [0.1, 0.15) is 42.4 Å². The minimum atomic E-state index is -2.62. The zero-order valence-electron chi connectivity index (χ0n) is 22.7. The molecule has 0 radical (unpaired) electrons. The Labute approximate surface area is 230 Å². The fraction of sp³-hybridized carbons (Fsp3) is 0.500. The fourth-order valence-electron chi connectivity index (χ4n) is 6.80. The molecule has 0 aromatic heterocycles. The molecule has 214 valence electrons. The van der Waals surface area contributed by atoms with Gasteiger partial charge in [-0.3, -0.25) is 24.1 Å². The van der Waals surface area contributed by atoms with E-state index < -0.39 is 52.0 Å². The van der Waals surface area contributed by atoms with Crippen LogP contribution in [-0.2, 0) is 32.1 Å². The van der Waals surface area contributed by atoms with Crippen LogP contribution in [0.15, 0.2) is 23.0 Å². The van der Waals surface area contributed by atoms with Gasteiger partial charge in [0.15, 0.2) is 11.4 Å². The topological polar surface area (TPSA) is 194 Å². The van der Waals surface area contributed by atoms with Gasteiger partial charge in [0.2, 0.25) is 11.7 Å². The van der Waals surface area contributed by atoms with Crippen molar-refractivity contribution in [3.63, 3.8) is 0 Å². The summed E-state index contributed by atoms with van der Waals surface area (Å²) in [6, 6.07) is 1.45. The van der Waals surface area contributed by atoms with Crippen LogP contribution in [0.5, 0.6) is 5.75 Å². The van der Waals surface area contributed by atoms with Gasteiger partial charge in [-0.05, 0) is 56.8 Å². The highest BCUT2D eigenvalue weighted by atomic mass is 16.3. The van der Waals surface area contributed by atoms with E-state index in [0.717, 1.165) is 19.4 Å². The van der Waals surface area contributed by atoms with E-state index in [4.69, 9.17) is 5.73 Å². The predicted octanol–water partition coefficient (Wildman–Crippen LogP) is 0.200. The number of phenols is 1. The van der Waals surface area contributed by atoms with Crippen LogP contribution in [0.25, 0.3) is 5.76 Å². The highest BCUT2D eigenvalue weighted by Crippen LogP contribution is 2.53. The van der Waals surface area contributed by atoms with Gasteiger partial charge in [-0.25, -0.2) is 0 Å². The normalized spacial score (nSPS) is 28.2. The van der Waals surface area contributed by atoms with Crippen molar-refractivity contribution >= 4 is 34.8 Å². The molecule has 4 aliphatic rings. The lowest BCUT2D eigenvalue weighted by molar-refractivity contribution is -0.147. The SMILES string of the molecule is CN(C)c1cc(CNC(=O)[C@@H]2CCCN2C)c(O)c2c1C[C@H]1C[C@H]3CC(=O)C(C(N)=O)=C(O)[C@@]3(O)C(=O)C1=C2O. The molecule has 0 bridgehead atoms. The molecule has 1 aromatic rings. The Bertz CT molecular complexity index is 1410. The molecule has 7 N–H and O–H groups in total. The van der Waals surface area contributed by atoms with Crippen LogP contribution in [0.3, 0.4) is 0 Å². The first-order valence-corrected chi connectivity index (χ1v) is 13.3. The number of ketones is 2. The van der Waals surface area contributed by atoms with Crippen LogP contribution in [0.2, 0.25) is 0 Å². The second kappa shape index (κ2) is 9.63. The Morgan fingerprint density at radius 2 is 1.90 bits per heavy atom. The molecule has 1 aromatic carbocycles. The summed E-state index contributed by atoms with van der Waals surface area (Å²) < 4.78 is 0. The lowest BCUT2D eigenvalue weighted by Crippen LogP contribution is -2.58. The first-order valence-electron chi connectivity index (χ1n) is 13.3. The van der Waals surface area contributed by atoms with Crippen molar-refractivity contribution in [2.75, 3.05) is 32.6 Å². The molecular weight excluding hydrogens is 520 g/mol. The van der Waals surface area contributed by atoms with E-state index in [1.165, 1.54) is 0 Å². The lowest BCUT2D eigenvalue weighted by atomic mass is 9.59. The highest BCUT2D eigenvalue weighted by molar-refractivity contribution is 6.22. The number of hydrogen-bond donors (Lipinski definition) is 6. The van der Waals surface area contributed by atoms with E-state index in [1.807, 2.05) is 11.9 Å². The van der Waals surface area contributed by atoms with Crippen LogP contribution < -0.4 is 16.0 Å². The molecule has 12 nitrogen and oxygen atoms in total. The Morgan fingerprint density at radius 3 is 2.50 bits per heavy atom. The third-order valence-corrected chi connectivity index (χ3v) is 8.88. The summed E-state index contributed by atoms with van der Waals surface area (Å²) in [6.07, 6.45) is 1.53. The number of carbonyl (C=O) groups excluding carboxylic acids is 4. The van der Waals surface area contributed by atoms with Crippen LogP contribution in [0, 0.1) is 11.8 Å². The van der Waals surface area contributed by atoms with E-state index >= 15 is 0 Å². The third kappa shape index (κ3) is 3.96. The summed E-state index contributed by atoms with van der Waals surface area (Å²) in [7, 11) is 5.45. The molecule has 0 unspecified atom stereocenters. The number of Topliss-reactive ketones (excluding diaryl/α,β-unsaturated/α-hetero) is 2. The number of fused-ring (bicyclic) bond motifs is 3. The number of carbonyl (C=O) groups is 4. The largest absolute Gasteiger partial charge is 0.508 e. The van der Waals surface area contributed by atoms with Gasteiger partial charge in [-0.1, -0.05) is 0 Å². The molecule has 3 aliphatic carbocycles. The number of hydrogen-bond acceptors (Lipinski definition) is 10. The van der Waals surface area contributed by atoms with E-state index in [0.29, 0.717) is 16.8 Å². The number of benzene rings is 1. The smallest absolute Gasteiger partial charge is 0.255 e. The number of rotatable bonds is 5. The Morgan fingerprint density at radius 1 is 1.20 bits per heavy atom. The van der Waals surface area contributed by atoms with E-state index in [9.17, 15) is 39.6 Å². The van der Waals surface area contributed by atoms with Gasteiger partial charge < -0.3 is 36.4 Å². The summed E-state index contributed by atoms with van der Waals surface area (Å²) in [4.78, 5) is 54.7. The van der Waals surface area contributed by atoms with Gasteiger partial charge in [0, 0.05) is 49.8 Å². The molecule has 1 saturated carbocycles. The van der Waals surface area contributed by atoms with Crippen molar-refractivity contribution in [1.82, 2.24) is 10.2 Å². The minimum absolute atomic E-state index is 0.000522. The zero-order valence-corrected chi connectivity index (χ0v) is 22.7. The first kappa shape index (κ1) is 27.7. The average Bonchev–Trinajstić information content (AvgIpc) is 3.31. The number of amides is 2. The number of likely N-dealkylation sites (N-methyl/N-ethyl adjacent to an activating group) is 1. The maximum atomic E-state index is 13.7. The molecule has 1 saturated heterocycles. The molecule has 40 heavy (non-hydrogen) atoms. The molecule has 0 spiro atoms. The predicted molar refractivity (Wildman–Crippen MR) is 143 cm³/mol. The van der Waals surface area contributed by atoms with Crippen molar-refractivity contribution in [3.8, 4) is 5.75 Å². The van der Waals surface area contributed by atoms with Crippen molar-refractivity contribution in [1.29, 1.82) is 0 Å².